The Balaban J connectivity index is 1.88. The molecule has 0 bridgehead atoms. The van der Waals surface area contributed by atoms with Crippen LogP contribution in [0.5, 0.6) is 0 Å². The van der Waals surface area contributed by atoms with Crippen LogP contribution in [0, 0.1) is 11.3 Å². The van der Waals surface area contributed by atoms with Gasteiger partial charge in [-0.15, -0.1) is 0 Å². The predicted octanol–water partition coefficient (Wildman–Crippen LogP) is 3.17. The van der Waals surface area contributed by atoms with Gasteiger partial charge in [0.05, 0.1) is 17.2 Å². The zero-order valence-corrected chi connectivity index (χ0v) is 13.1. The Morgan fingerprint density at radius 2 is 2.00 bits per heavy atom. The van der Waals surface area contributed by atoms with E-state index in [-0.39, 0.29) is 23.2 Å². The number of hydrogen-bond donors (Lipinski definition) is 0. The number of amides is 1. The van der Waals surface area contributed by atoms with Crippen LogP contribution in [0.2, 0.25) is 0 Å². The molecular formula is C17H18F3N3O. The van der Waals surface area contributed by atoms with Gasteiger partial charge in [0.2, 0.25) is 5.91 Å². The van der Waals surface area contributed by atoms with Crippen molar-refractivity contribution in [2.24, 2.45) is 0 Å². The Kier molecular flexibility index (Phi) is 4.39. The summed E-state index contributed by atoms with van der Waals surface area (Å²) in [7, 11) is 0. The number of alkyl halides is 3. The van der Waals surface area contributed by atoms with Gasteiger partial charge in [-0.05, 0) is 37.5 Å². The van der Waals surface area contributed by atoms with E-state index >= 15 is 0 Å². The minimum Gasteiger partial charge on any atom is -0.369 e. The molecule has 1 unspecified atom stereocenters. The van der Waals surface area contributed by atoms with E-state index in [0.717, 1.165) is 25.3 Å². The van der Waals surface area contributed by atoms with E-state index in [9.17, 15) is 18.0 Å². The molecule has 24 heavy (non-hydrogen) atoms. The summed E-state index contributed by atoms with van der Waals surface area (Å²) >= 11 is 0. The molecule has 0 spiro atoms. The molecule has 1 aromatic carbocycles. The Bertz CT molecular complexity index is 681. The number of halogens is 3. The molecule has 0 radical (unpaired) electrons. The van der Waals surface area contributed by atoms with Crippen molar-refractivity contribution in [1.29, 1.82) is 5.26 Å². The third-order valence-corrected chi connectivity index (χ3v) is 4.72. The van der Waals surface area contributed by atoms with Gasteiger partial charge < -0.3 is 9.80 Å². The fourth-order valence-corrected chi connectivity index (χ4v) is 3.59. The Morgan fingerprint density at radius 3 is 2.62 bits per heavy atom. The minimum absolute atomic E-state index is 0.00523. The monoisotopic (exact) mass is 337 g/mol. The molecule has 0 aromatic heterocycles. The molecule has 0 saturated carbocycles. The largest absolute Gasteiger partial charge is 0.418 e. The van der Waals surface area contributed by atoms with E-state index in [1.165, 1.54) is 12.1 Å². The smallest absolute Gasteiger partial charge is 0.369 e. The van der Waals surface area contributed by atoms with Gasteiger partial charge in [0.1, 0.15) is 0 Å². The molecule has 2 aliphatic rings. The highest BCUT2D eigenvalue weighted by atomic mass is 19.4. The lowest BCUT2D eigenvalue weighted by molar-refractivity contribution is -0.137. The average Bonchev–Trinajstić information content (AvgIpc) is 2.99. The third kappa shape index (κ3) is 3.18. The molecule has 2 saturated heterocycles. The summed E-state index contributed by atoms with van der Waals surface area (Å²) in [5.74, 6) is 0.0951. The summed E-state index contributed by atoms with van der Waals surface area (Å²) in [6.45, 7) is 1.62. The minimum atomic E-state index is -4.52. The van der Waals surface area contributed by atoms with E-state index in [2.05, 4.69) is 0 Å². The predicted molar refractivity (Wildman–Crippen MR) is 82.3 cm³/mol. The summed E-state index contributed by atoms with van der Waals surface area (Å²) in [5.41, 5.74) is -0.692. The molecule has 3 rings (SSSR count). The number of rotatable bonds is 2. The third-order valence-electron chi connectivity index (χ3n) is 4.72. The normalized spacial score (nSPS) is 21.9. The number of nitriles is 1. The van der Waals surface area contributed by atoms with E-state index in [0.29, 0.717) is 26.1 Å². The molecule has 0 N–H and O–H groups in total. The van der Waals surface area contributed by atoms with Crippen LogP contribution in [0.25, 0.3) is 0 Å². The van der Waals surface area contributed by atoms with Gasteiger partial charge in [-0.3, -0.25) is 4.79 Å². The maximum absolute atomic E-state index is 13.4. The number of piperidine rings is 1. The van der Waals surface area contributed by atoms with Crippen LogP contribution in [0.4, 0.5) is 18.9 Å². The highest BCUT2D eigenvalue weighted by Crippen LogP contribution is 2.38. The lowest BCUT2D eigenvalue weighted by Crippen LogP contribution is -2.48. The van der Waals surface area contributed by atoms with Gasteiger partial charge in [-0.2, -0.15) is 18.4 Å². The van der Waals surface area contributed by atoms with Crippen molar-refractivity contribution in [2.75, 3.05) is 24.5 Å². The first kappa shape index (κ1) is 16.6. The molecule has 128 valence electrons. The first-order chi connectivity index (χ1) is 11.4. The molecule has 1 atom stereocenters. The second kappa shape index (κ2) is 6.34. The number of benzene rings is 1. The number of hydrogen-bond acceptors (Lipinski definition) is 3. The topological polar surface area (TPSA) is 47.3 Å². The second-order valence-electron chi connectivity index (χ2n) is 6.27. The maximum Gasteiger partial charge on any atom is 0.418 e. The average molecular weight is 337 g/mol. The van der Waals surface area contributed by atoms with Gasteiger partial charge in [0, 0.05) is 37.8 Å². The van der Waals surface area contributed by atoms with Gasteiger partial charge in [-0.25, -0.2) is 0 Å². The van der Waals surface area contributed by atoms with E-state index < -0.39 is 11.7 Å². The summed E-state index contributed by atoms with van der Waals surface area (Å²) in [6, 6.07) is 5.41. The Morgan fingerprint density at radius 1 is 1.21 bits per heavy atom. The maximum atomic E-state index is 13.4. The lowest BCUT2D eigenvalue weighted by atomic mass is 10.0. The van der Waals surface area contributed by atoms with Crippen LogP contribution < -0.4 is 4.90 Å². The molecule has 2 heterocycles. The van der Waals surface area contributed by atoms with Crippen LogP contribution in [0.1, 0.15) is 36.8 Å². The van der Waals surface area contributed by atoms with Gasteiger partial charge in [-0.1, -0.05) is 0 Å². The van der Waals surface area contributed by atoms with Crippen molar-refractivity contribution in [1.82, 2.24) is 4.90 Å². The highest BCUT2D eigenvalue weighted by Gasteiger charge is 2.37. The van der Waals surface area contributed by atoms with Crippen LogP contribution in [0.15, 0.2) is 18.2 Å². The summed E-state index contributed by atoms with van der Waals surface area (Å²) in [5, 5.41) is 8.87. The standard InChI is InChI=1S/C17H18F3N3O/c18-17(19,20)14-9-12(10-21)5-6-15(14)22-7-1-3-13(11-22)23-8-2-4-16(23)24/h5-6,9,13H,1-4,7-8,11H2. The lowest BCUT2D eigenvalue weighted by Gasteiger charge is -2.39. The molecule has 4 nitrogen and oxygen atoms in total. The summed E-state index contributed by atoms with van der Waals surface area (Å²) in [6.07, 6.45) is -1.61. The van der Waals surface area contributed by atoms with Crippen LogP contribution in [0.3, 0.4) is 0 Å². The molecule has 1 amide bonds. The summed E-state index contributed by atoms with van der Waals surface area (Å²) < 4.78 is 40.1. The number of anilines is 1. The van der Waals surface area contributed by atoms with Gasteiger partial charge in [0.25, 0.3) is 0 Å². The molecule has 7 heteroatoms. The summed E-state index contributed by atoms with van der Waals surface area (Å²) in [4.78, 5) is 15.4. The van der Waals surface area contributed by atoms with Gasteiger partial charge >= 0.3 is 6.18 Å². The Hall–Kier alpha value is -2.23. The van der Waals surface area contributed by atoms with E-state index in [1.54, 1.807) is 11.0 Å². The fraction of sp³-hybridized carbons (Fsp3) is 0.529. The van der Waals surface area contributed by atoms with Crippen molar-refractivity contribution in [3.63, 3.8) is 0 Å². The molecule has 2 fully saturated rings. The molecular weight excluding hydrogens is 319 g/mol. The zero-order valence-electron chi connectivity index (χ0n) is 13.1. The van der Waals surface area contributed by atoms with E-state index in [4.69, 9.17) is 5.26 Å². The second-order valence-corrected chi connectivity index (χ2v) is 6.27. The van der Waals surface area contributed by atoms with Crippen molar-refractivity contribution < 1.29 is 18.0 Å². The molecule has 0 aliphatic carbocycles. The van der Waals surface area contributed by atoms with Crippen LogP contribution >= 0.6 is 0 Å². The van der Waals surface area contributed by atoms with Crippen molar-refractivity contribution in [3.8, 4) is 6.07 Å². The fourth-order valence-electron chi connectivity index (χ4n) is 3.59. The van der Waals surface area contributed by atoms with Gasteiger partial charge in [0.15, 0.2) is 0 Å². The highest BCUT2D eigenvalue weighted by molar-refractivity contribution is 5.78. The molecule has 2 aliphatic heterocycles. The first-order valence-corrected chi connectivity index (χ1v) is 8.06. The molecule has 1 aromatic rings. The Labute approximate surface area is 138 Å². The van der Waals surface area contributed by atoms with E-state index in [1.807, 2.05) is 4.90 Å². The number of carbonyl (C=O) groups excluding carboxylic acids is 1. The number of nitrogens with zero attached hydrogens (tertiary/aromatic N) is 3. The van der Waals surface area contributed by atoms with Crippen molar-refractivity contribution in [3.05, 3.63) is 29.3 Å². The first-order valence-electron chi connectivity index (χ1n) is 8.06. The van der Waals surface area contributed by atoms with Crippen LogP contribution in [-0.4, -0.2) is 36.5 Å². The number of carbonyl (C=O) groups is 1. The quantitative estimate of drug-likeness (QED) is 0.833. The zero-order chi connectivity index (χ0) is 17.3. The van der Waals surface area contributed by atoms with Crippen LogP contribution in [-0.2, 0) is 11.0 Å². The van der Waals surface area contributed by atoms with Crippen molar-refractivity contribution in [2.45, 2.75) is 37.9 Å². The number of likely N-dealkylation sites (tertiary alicyclic amines) is 1. The SMILES string of the molecule is N#Cc1ccc(N2CCCC(N3CCCC3=O)C2)c(C(F)(F)F)c1. The van der Waals surface area contributed by atoms with Crippen molar-refractivity contribution >= 4 is 11.6 Å².